The summed E-state index contributed by atoms with van der Waals surface area (Å²) in [5.74, 6) is -0.436. The third-order valence-corrected chi connectivity index (χ3v) is 7.80. The van der Waals surface area contributed by atoms with Gasteiger partial charge < -0.3 is 9.64 Å². The second-order valence-electron chi connectivity index (χ2n) is 9.71. The zero-order valence-electron chi connectivity index (χ0n) is 20.0. The molecule has 0 spiro atoms. The van der Waals surface area contributed by atoms with E-state index in [-0.39, 0.29) is 29.7 Å². The molecule has 1 amide bonds. The summed E-state index contributed by atoms with van der Waals surface area (Å²) in [7, 11) is 0. The minimum absolute atomic E-state index is 0.0653. The lowest BCUT2D eigenvalue weighted by Gasteiger charge is -2.46. The first kappa shape index (κ1) is 22.8. The molecule has 9 nitrogen and oxygen atoms in total. The first-order chi connectivity index (χ1) is 17.5. The van der Waals surface area contributed by atoms with Crippen molar-refractivity contribution in [1.82, 2.24) is 30.0 Å². The summed E-state index contributed by atoms with van der Waals surface area (Å²) in [6, 6.07) is 9.28. The Bertz CT molecular complexity index is 1350. The predicted octanol–water partition coefficient (Wildman–Crippen LogP) is 2.97. The van der Waals surface area contributed by atoms with Gasteiger partial charge in [-0.25, -0.2) is 13.9 Å². The van der Waals surface area contributed by atoms with E-state index < -0.39 is 5.82 Å². The van der Waals surface area contributed by atoms with Crippen LogP contribution in [0.2, 0.25) is 0 Å². The summed E-state index contributed by atoms with van der Waals surface area (Å²) in [4.78, 5) is 21.3. The number of benzene rings is 2. The SMILES string of the molecule is [C-]#[N+]c1c(F)ccc([C@@H]2CN3CCN(C(=O)C4CCc5cc(-n6cnnn6)ccc54)C[C@H]3CO2)c1C. The smallest absolute Gasteiger partial charge is 0.230 e. The predicted molar refractivity (Wildman–Crippen MR) is 128 cm³/mol. The Balaban J connectivity index is 1.12. The quantitative estimate of drug-likeness (QED) is 0.529. The molecular formula is C26H26FN7O2. The van der Waals surface area contributed by atoms with Crippen LogP contribution in [0.4, 0.5) is 10.1 Å². The Kier molecular flexibility index (Phi) is 5.74. The molecule has 0 N–H and O–H groups in total. The molecule has 3 aliphatic rings. The van der Waals surface area contributed by atoms with Crippen LogP contribution in [0.25, 0.3) is 10.5 Å². The van der Waals surface area contributed by atoms with E-state index in [4.69, 9.17) is 11.3 Å². The van der Waals surface area contributed by atoms with E-state index in [1.165, 1.54) is 11.6 Å². The van der Waals surface area contributed by atoms with Crippen LogP contribution >= 0.6 is 0 Å². The van der Waals surface area contributed by atoms with Gasteiger partial charge in [0.05, 0.1) is 36.9 Å². The van der Waals surface area contributed by atoms with Gasteiger partial charge in [0.15, 0.2) is 0 Å². The van der Waals surface area contributed by atoms with Crippen molar-refractivity contribution in [3.05, 3.63) is 76.1 Å². The van der Waals surface area contributed by atoms with Crippen molar-refractivity contribution in [1.29, 1.82) is 0 Å². The van der Waals surface area contributed by atoms with Gasteiger partial charge in [0.2, 0.25) is 11.6 Å². The Morgan fingerprint density at radius 3 is 2.86 bits per heavy atom. The molecule has 1 aromatic heterocycles. The number of aryl methyl sites for hydroxylation is 1. The number of halogens is 1. The normalized spacial score (nSPS) is 23.7. The van der Waals surface area contributed by atoms with E-state index in [1.54, 1.807) is 24.0 Å². The molecular weight excluding hydrogens is 461 g/mol. The molecule has 1 unspecified atom stereocenters. The number of carbonyl (C=O) groups excluding carboxylic acids is 1. The van der Waals surface area contributed by atoms with Gasteiger partial charge in [0.25, 0.3) is 0 Å². The third-order valence-electron chi connectivity index (χ3n) is 7.80. The molecule has 6 rings (SSSR count). The minimum atomic E-state index is -0.493. The molecule has 3 atom stereocenters. The van der Waals surface area contributed by atoms with Gasteiger partial charge in [-0.3, -0.25) is 9.69 Å². The van der Waals surface area contributed by atoms with Gasteiger partial charge in [0.1, 0.15) is 12.1 Å². The van der Waals surface area contributed by atoms with Crippen LogP contribution in [-0.4, -0.2) is 74.7 Å². The number of tetrazole rings is 1. The van der Waals surface area contributed by atoms with Crippen molar-refractivity contribution < 1.29 is 13.9 Å². The van der Waals surface area contributed by atoms with Gasteiger partial charge >= 0.3 is 0 Å². The van der Waals surface area contributed by atoms with E-state index in [9.17, 15) is 9.18 Å². The van der Waals surface area contributed by atoms with Crippen LogP contribution in [-0.2, 0) is 16.0 Å². The average Bonchev–Trinajstić information content (AvgIpc) is 3.58. The van der Waals surface area contributed by atoms with Crippen LogP contribution in [0, 0.1) is 19.3 Å². The number of piperazine rings is 1. The highest BCUT2D eigenvalue weighted by Crippen LogP contribution is 2.37. The number of nitrogens with zero attached hydrogens (tertiary/aromatic N) is 7. The fourth-order valence-corrected chi connectivity index (χ4v) is 5.84. The molecule has 184 valence electrons. The molecule has 2 aromatic carbocycles. The van der Waals surface area contributed by atoms with Gasteiger partial charge in [-0.05, 0) is 70.6 Å². The molecule has 2 aliphatic heterocycles. The van der Waals surface area contributed by atoms with Crippen molar-refractivity contribution in [2.45, 2.75) is 37.8 Å². The minimum Gasteiger partial charge on any atom is -0.371 e. The molecule has 0 radical (unpaired) electrons. The zero-order valence-corrected chi connectivity index (χ0v) is 20.0. The summed E-state index contributed by atoms with van der Waals surface area (Å²) in [5, 5.41) is 11.3. The summed E-state index contributed by atoms with van der Waals surface area (Å²) in [6.45, 7) is 12.3. The van der Waals surface area contributed by atoms with Crippen molar-refractivity contribution >= 4 is 11.6 Å². The largest absolute Gasteiger partial charge is 0.371 e. The number of rotatable bonds is 3. The lowest BCUT2D eigenvalue weighted by molar-refractivity contribution is -0.141. The monoisotopic (exact) mass is 487 g/mol. The lowest BCUT2D eigenvalue weighted by Crippen LogP contribution is -2.60. The Hall–Kier alpha value is -3.68. The standard InChI is InChI=1S/C26H26FN7O2/c1-16-20(7-8-23(27)25(16)28-2)24-13-32-9-10-33(12-19(32)14-36-24)26(35)22-5-3-17-11-18(4-6-21(17)22)34-15-29-30-31-34/h4,6-8,11,15,19,22,24H,3,5,9-10,12-14H2,1H3/t19-,22?,24-/m0/s1. The molecule has 36 heavy (non-hydrogen) atoms. The van der Waals surface area contributed by atoms with E-state index in [0.717, 1.165) is 36.2 Å². The topological polar surface area (TPSA) is 80.7 Å². The first-order valence-corrected chi connectivity index (χ1v) is 12.2. The van der Waals surface area contributed by atoms with Gasteiger partial charge in [0, 0.05) is 26.2 Å². The van der Waals surface area contributed by atoms with Crippen LogP contribution in [0.1, 0.15) is 40.7 Å². The molecule has 1 aliphatic carbocycles. The summed E-state index contributed by atoms with van der Waals surface area (Å²) < 4.78 is 21.8. The second-order valence-corrected chi connectivity index (χ2v) is 9.71. The summed E-state index contributed by atoms with van der Waals surface area (Å²) in [5.41, 5.74) is 4.75. The molecule has 3 aromatic rings. The Morgan fingerprint density at radius 2 is 2.06 bits per heavy atom. The number of hydrogen-bond acceptors (Lipinski definition) is 6. The fourth-order valence-electron chi connectivity index (χ4n) is 5.84. The van der Waals surface area contributed by atoms with Crippen LogP contribution in [0.3, 0.4) is 0 Å². The van der Waals surface area contributed by atoms with Crippen molar-refractivity contribution in [2.75, 3.05) is 32.8 Å². The van der Waals surface area contributed by atoms with Gasteiger partial charge in [-0.15, -0.1) is 5.10 Å². The molecule has 2 fully saturated rings. The molecule has 2 saturated heterocycles. The second kappa shape index (κ2) is 9.08. The highest BCUT2D eigenvalue weighted by atomic mass is 19.1. The Labute approximate surface area is 208 Å². The van der Waals surface area contributed by atoms with Crippen molar-refractivity contribution in [3.8, 4) is 5.69 Å². The van der Waals surface area contributed by atoms with Gasteiger partial charge in [-0.1, -0.05) is 12.1 Å². The fraction of sp³-hybridized carbons (Fsp3) is 0.423. The number of hydrogen-bond donors (Lipinski definition) is 0. The van der Waals surface area contributed by atoms with Crippen molar-refractivity contribution in [3.63, 3.8) is 0 Å². The number of carbonyl (C=O) groups is 1. The van der Waals surface area contributed by atoms with E-state index in [2.05, 4.69) is 31.3 Å². The number of amides is 1. The maximum absolute atomic E-state index is 14.0. The highest BCUT2D eigenvalue weighted by molar-refractivity contribution is 5.85. The third kappa shape index (κ3) is 3.85. The van der Waals surface area contributed by atoms with E-state index in [1.807, 2.05) is 17.0 Å². The number of morpholine rings is 1. The van der Waals surface area contributed by atoms with E-state index >= 15 is 0 Å². The maximum Gasteiger partial charge on any atom is 0.230 e. The molecule has 10 heteroatoms. The number of ether oxygens (including phenoxy) is 1. The molecule has 3 heterocycles. The lowest BCUT2D eigenvalue weighted by atomic mass is 9.96. The maximum atomic E-state index is 14.0. The highest BCUT2D eigenvalue weighted by Gasteiger charge is 2.39. The van der Waals surface area contributed by atoms with E-state index in [0.29, 0.717) is 31.8 Å². The summed E-state index contributed by atoms with van der Waals surface area (Å²) in [6.07, 6.45) is 3.03. The summed E-state index contributed by atoms with van der Waals surface area (Å²) >= 11 is 0. The molecule has 0 saturated carbocycles. The van der Waals surface area contributed by atoms with Crippen molar-refractivity contribution in [2.24, 2.45) is 0 Å². The number of aromatic nitrogens is 4. The number of fused-ring (bicyclic) bond motifs is 2. The first-order valence-electron chi connectivity index (χ1n) is 12.2. The Morgan fingerprint density at radius 1 is 1.19 bits per heavy atom. The van der Waals surface area contributed by atoms with Crippen LogP contribution < -0.4 is 0 Å². The molecule has 0 bridgehead atoms. The van der Waals surface area contributed by atoms with Gasteiger partial charge in [-0.2, -0.15) is 0 Å². The average molecular weight is 488 g/mol. The van der Waals surface area contributed by atoms with Crippen LogP contribution in [0.15, 0.2) is 36.7 Å². The van der Waals surface area contributed by atoms with Crippen LogP contribution in [0.5, 0.6) is 0 Å². The zero-order chi connectivity index (χ0) is 24.8.